The Morgan fingerprint density at radius 1 is 0.958 bits per heavy atom. The van der Waals surface area contributed by atoms with Gasteiger partial charge in [-0.25, -0.2) is 4.79 Å². The number of hydrogen-bond donors (Lipinski definition) is 2. The third-order valence-corrected chi connectivity index (χ3v) is 9.30. The Bertz CT molecular complexity index is 1300. The van der Waals surface area contributed by atoms with Crippen molar-refractivity contribution < 1.29 is 50.1 Å². The predicted molar refractivity (Wildman–Crippen MR) is 187 cm³/mol. The number of quaternary nitrogens is 1. The van der Waals surface area contributed by atoms with Gasteiger partial charge in [0.25, 0.3) is 5.91 Å². The van der Waals surface area contributed by atoms with Crippen molar-refractivity contribution in [2.75, 3.05) is 38.7 Å². The zero-order valence-corrected chi connectivity index (χ0v) is 31.6. The maximum Gasteiger partial charge on any atom is 0.514 e. The van der Waals surface area contributed by atoms with Gasteiger partial charge in [-0.15, -0.1) is 0 Å². The first-order valence-electron chi connectivity index (χ1n) is 17.6. The van der Waals surface area contributed by atoms with E-state index in [0.29, 0.717) is 29.7 Å². The van der Waals surface area contributed by atoms with Crippen LogP contribution in [0.15, 0.2) is 36.4 Å². The van der Waals surface area contributed by atoms with E-state index in [-0.39, 0.29) is 47.2 Å². The van der Waals surface area contributed by atoms with Crippen LogP contribution in [0.2, 0.25) is 0 Å². The first-order valence-corrected chi connectivity index (χ1v) is 17.6. The molecule has 2 atom stereocenters. The van der Waals surface area contributed by atoms with Crippen LogP contribution in [0.25, 0.3) is 0 Å². The fourth-order valence-electron chi connectivity index (χ4n) is 6.70. The zero-order valence-electron chi connectivity index (χ0n) is 30.0. The first-order chi connectivity index (χ1) is 22.6. The van der Waals surface area contributed by atoms with E-state index in [0.717, 1.165) is 86.3 Å². The summed E-state index contributed by atoms with van der Waals surface area (Å²) in [6.45, 7) is 13.3. The van der Waals surface area contributed by atoms with E-state index < -0.39 is 6.16 Å². The number of carbonyl (C=O) groups excluding carboxylic acids is 3. The minimum absolute atomic E-state index is 0. The number of likely N-dealkylation sites (tertiary alicyclic amines) is 1. The Morgan fingerprint density at radius 3 is 2.38 bits per heavy atom. The van der Waals surface area contributed by atoms with Gasteiger partial charge in [0.05, 0.1) is 20.2 Å². The highest BCUT2D eigenvalue weighted by Crippen LogP contribution is 2.30. The summed E-state index contributed by atoms with van der Waals surface area (Å²) < 4.78 is 17.1. The molecule has 10 heteroatoms. The van der Waals surface area contributed by atoms with E-state index in [1.165, 1.54) is 20.0 Å². The SMILES string of the molecule is CCC[N+]1(CCOC(=O)Oc2ccc(CNC(=O)CCCCCCC(C)C)cc2OC)CCCC[C@H]1C(=O)Nc1c(C)cccc1C.[Br-]. The molecule has 0 bridgehead atoms. The number of nitrogens with zero attached hydrogens (tertiary/aromatic N) is 1. The quantitative estimate of drug-likeness (QED) is 0.0983. The molecule has 0 saturated carbocycles. The van der Waals surface area contributed by atoms with Crippen molar-refractivity contribution in [1.29, 1.82) is 0 Å². The molecule has 48 heavy (non-hydrogen) atoms. The number of anilines is 1. The van der Waals surface area contributed by atoms with E-state index in [9.17, 15) is 14.4 Å². The summed E-state index contributed by atoms with van der Waals surface area (Å²) in [5, 5.41) is 6.19. The molecule has 0 radical (unpaired) electrons. The lowest BCUT2D eigenvalue weighted by Crippen LogP contribution is -3.00. The van der Waals surface area contributed by atoms with Gasteiger partial charge in [-0.2, -0.15) is 0 Å². The molecule has 2 amide bonds. The number of piperidine rings is 1. The summed E-state index contributed by atoms with van der Waals surface area (Å²) in [5.74, 6) is 1.41. The average molecular weight is 733 g/mol. The molecule has 3 rings (SSSR count). The lowest BCUT2D eigenvalue weighted by molar-refractivity contribution is -0.947. The molecule has 268 valence electrons. The topological polar surface area (TPSA) is 103 Å². The maximum absolute atomic E-state index is 13.7. The third kappa shape index (κ3) is 12.7. The van der Waals surface area contributed by atoms with Crippen LogP contribution in [0.5, 0.6) is 11.5 Å². The summed E-state index contributed by atoms with van der Waals surface area (Å²) in [6.07, 6.45) is 9.01. The van der Waals surface area contributed by atoms with Crippen LogP contribution in [0.4, 0.5) is 10.5 Å². The Morgan fingerprint density at radius 2 is 1.69 bits per heavy atom. The van der Waals surface area contributed by atoms with Gasteiger partial charge in [-0.1, -0.05) is 70.7 Å². The monoisotopic (exact) mass is 731 g/mol. The van der Waals surface area contributed by atoms with Crippen LogP contribution < -0.4 is 37.1 Å². The van der Waals surface area contributed by atoms with Crippen molar-refractivity contribution in [2.24, 2.45) is 5.92 Å². The molecule has 1 heterocycles. The third-order valence-electron chi connectivity index (χ3n) is 9.30. The minimum atomic E-state index is -0.819. The summed E-state index contributed by atoms with van der Waals surface area (Å²) in [5.41, 5.74) is 3.80. The molecule has 2 aromatic carbocycles. The Balaban J connectivity index is 0.00000800. The Labute approximate surface area is 298 Å². The van der Waals surface area contributed by atoms with Gasteiger partial charge in [-0.05, 0) is 74.3 Å². The molecule has 2 N–H and O–H groups in total. The largest absolute Gasteiger partial charge is 1.00 e. The number of carbonyl (C=O) groups is 3. The van der Waals surface area contributed by atoms with Crippen molar-refractivity contribution in [3.05, 3.63) is 53.1 Å². The molecule has 2 aromatic rings. The maximum atomic E-state index is 13.7. The number of para-hydroxylation sites is 1. The summed E-state index contributed by atoms with van der Waals surface area (Å²) in [7, 11) is 1.51. The van der Waals surface area contributed by atoms with Crippen molar-refractivity contribution in [2.45, 2.75) is 111 Å². The molecule has 1 aliphatic rings. The number of ether oxygens (including phenoxy) is 3. The summed E-state index contributed by atoms with van der Waals surface area (Å²) in [4.78, 5) is 38.8. The van der Waals surface area contributed by atoms with E-state index in [2.05, 4.69) is 31.4 Å². The summed E-state index contributed by atoms with van der Waals surface area (Å²) in [6, 6.07) is 11.0. The van der Waals surface area contributed by atoms with Crippen molar-refractivity contribution in [1.82, 2.24) is 5.32 Å². The first kappa shape index (κ1) is 41.1. The van der Waals surface area contributed by atoms with Gasteiger partial charge < -0.3 is 46.3 Å². The second kappa shape index (κ2) is 21.1. The van der Waals surface area contributed by atoms with Gasteiger partial charge in [0.2, 0.25) is 5.91 Å². The van der Waals surface area contributed by atoms with E-state index >= 15 is 0 Å². The molecule has 1 fully saturated rings. The van der Waals surface area contributed by atoms with Gasteiger partial charge in [0, 0.05) is 25.1 Å². The number of nitrogens with one attached hydrogen (secondary N) is 2. The van der Waals surface area contributed by atoms with Crippen LogP contribution >= 0.6 is 0 Å². The highest BCUT2D eigenvalue weighted by atomic mass is 79.9. The normalized spacial score (nSPS) is 17.3. The lowest BCUT2D eigenvalue weighted by Gasteiger charge is -2.46. The molecule has 1 saturated heterocycles. The van der Waals surface area contributed by atoms with Gasteiger partial charge in [0.15, 0.2) is 17.5 Å². The molecule has 1 unspecified atom stereocenters. The summed E-state index contributed by atoms with van der Waals surface area (Å²) >= 11 is 0. The molecule has 0 spiro atoms. The Kier molecular flexibility index (Phi) is 18.0. The number of halogens is 1. The van der Waals surface area contributed by atoms with Crippen LogP contribution in [0.1, 0.15) is 102 Å². The molecule has 1 aliphatic heterocycles. The van der Waals surface area contributed by atoms with Gasteiger partial charge in [0.1, 0.15) is 13.2 Å². The number of hydrogen-bond acceptors (Lipinski definition) is 6. The van der Waals surface area contributed by atoms with Crippen molar-refractivity contribution >= 4 is 23.7 Å². The second-order valence-electron chi connectivity index (χ2n) is 13.5. The smallest absolute Gasteiger partial charge is 0.514 e. The Hall–Kier alpha value is -3.11. The number of unbranched alkanes of at least 4 members (excludes halogenated alkanes) is 3. The fourth-order valence-corrected chi connectivity index (χ4v) is 6.70. The predicted octanol–water partition coefficient (Wildman–Crippen LogP) is 4.86. The standard InChI is InChI=1S/C38H57N3O6.BrH/c1-7-22-41(23-13-12-18-32(41)37(43)40-36-29(4)16-14-17-30(36)5)24-25-46-38(44)47-33-21-20-31(26-34(33)45-6)27-39-35(42)19-11-9-8-10-15-28(2)3;/h14,16-17,20-21,26,28,32H,7-13,15,18-19,22-25,27H2,1-6H3,(H-,39,40,42,43);1H/t32-,41?;/m0./s1. The highest BCUT2D eigenvalue weighted by molar-refractivity contribution is 5.95. The molecular weight excluding hydrogens is 674 g/mol. The van der Waals surface area contributed by atoms with Crippen LogP contribution in [-0.4, -0.2) is 61.8 Å². The fraction of sp³-hybridized carbons (Fsp3) is 0.605. The lowest BCUT2D eigenvalue weighted by atomic mass is 9.96. The number of methoxy groups -OCH3 is 1. The number of amides is 2. The minimum Gasteiger partial charge on any atom is -1.00 e. The van der Waals surface area contributed by atoms with Gasteiger partial charge in [-0.3, -0.25) is 9.59 Å². The zero-order chi connectivity index (χ0) is 34.2. The number of aryl methyl sites for hydroxylation is 2. The number of rotatable bonds is 18. The molecule has 0 aromatic heterocycles. The van der Waals surface area contributed by atoms with E-state index in [1.807, 2.05) is 32.0 Å². The van der Waals surface area contributed by atoms with E-state index in [4.69, 9.17) is 14.2 Å². The molecule has 0 aliphatic carbocycles. The molecule has 9 nitrogen and oxygen atoms in total. The van der Waals surface area contributed by atoms with Crippen LogP contribution in [-0.2, 0) is 20.9 Å². The van der Waals surface area contributed by atoms with Crippen molar-refractivity contribution in [3.8, 4) is 11.5 Å². The average Bonchev–Trinajstić information content (AvgIpc) is 3.04. The van der Waals surface area contributed by atoms with Gasteiger partial charge >= 0.3 is 6.16 Å². The van der Waals surface area contributed by atoms with E-state index in [1.54, 1.807) is 18.2 Å². The number of benzene rings is 2. The highest BCUT2D eigenvalue weighted by Gasteiger charge is 2.43. The second-order valence-corrected chi connectivity index (χ2v) is 13.5. The molecular formula is C38H58BrN3O6. The van der Waals surface area contributed by atoms with Crippen LogP contribution in [0.3, 0.4) is 0 Å². The van der Waals surface area contributed by atoms with Crippen molar-refractivity contribution in [3.63, 3.8) is 0 Å². The van der Waals surface area contributed by atoms with Crippen LogP contribution in [0, 0.1) is 19.8 Å².